The Morgan fingerprint density at radius 2 is 2.15 bits per heavy atom. The zero-order valence-electron chi connectivity index (χ0n) is 6.14. The van der Waals surface area contributed by atoms with Gasteiger partial charge in [-0.1, -0.05) is 15.9 Å². The quantitative estimate of drug-likeness (QED) is 0.504. The molecule has 0 bridgehead atoms. The maximum Gasteiger partial charge on any atom is 0.288 e. The maximum atomic E-state index is 10.6. The van der Waals surface area contributed by atoms with Crippen LogP contribution in [0.4, 0.5) is 5.69 Å². The fourth-order valence-corrected chi connectivity index (χ4v) is 1.63. The number of nitro groups is 1. The van der Waals surface area contributed by atoms with E-state index in [-0.39, 0.29) is 10.6 Å². The lowest BCUT2D eigenvalue weighted by atomic mass is 10.3. The van der Waals surface area contributed by atoms with E-state index in [0.29, 0.717) is 4.47 Å². The molecule has 13 heavy (non-hydrogen) atoms. The van der Waals surface area contributed by atoms with E-state index in [1.165, 1.54) is 18.2 Å². The van der Waals surface area contributed by atoms with Gasteiger partial charge >= 0.3 is 0 Å². The molecule has 0 spiro atoms. The number of nitrogens with zero attached hydrogens (tertiary/aromatic N) is 1. The monoisotopic (exact) mass is 265 g/mol. The molecule has 0 aromatic heterocycles. The Bertz CT molecular complexity index is 381. The zero-order valence-corrected chi connectivity index (χ0v) is 8.54. The summed E-state index contributed by atoms with van der Waals surface area (Å²) in [4.78, 5) is 9.52. The van der Waals surface area contributed by atoms with E-state index in [2.05, 4.69) is 15.9 Å². The summed E-state index contributed by atoms with van der Waals surface area (Å²) in [6, 6.07) is 3.89. The lowest BCUT2D eigenvalue weighted by Crippen LogP contribution is -1.96. The van der Waals surface area contributed by atoms with Crippen LogP contribution in [0.25, 0.3) is 0 Å². The minimum atomic E-state index is -2.33. The Morgan fingerprint density at radius 1 is 1.54 bits per heavy atom. The maximum absolute atomic E-state index is 10.6. The van der Waals surface area contributed by atoms with Crippen LogP contribution in [0.15, 0.2) is 27.6 Å². The van der Waals surface area contributed by atoms with E-state index in [9.17, 15) is 14.3 Å². The average molecular weight is 266 g/mol. The molecule has 0 saturated heterocycles. The van der Waals surface area contributed by atoms with Gasteiger partial charge in [0.15, 0.2) is 11.1 Å². The van der Waals surface area contributed by atoms with E-state index in [1.54, 1.807) is 0 Å². The molecule has 0 aliphatic rings. The fourth-order valence-electron chi connectivity index (χ4n) is 0.781. The molecule has 1 N–H and O–H groups in total. The van der Waals surface area contributed by atoms with E-state index in [0.717, 1.165) is 0 Å². The first-order chi connectivity index (χ1) is 6.02. The van der Waals surface area contributed by atoms with Gasteiger partial charge in [-0.2, -0.15) is 0 Å². The van der Waals surface area contributed by atoms with Gasteiger partial charge in [0.25, 0.3) is 5.69 Å². The first-order valence-corrected chi connectivity index (χ1v) is 4.97. The number of rotatable bonds is 2. The number of halogens is 1. The van der Waals surface area contributed by atoms with Gasteiger partial charge in [0.1, 0.15) is 4.90 Å². The van der Waals surface area contributed by atoms with Gasteiger partial charge in [-0.3, -0.25) is 10.1 Å². The summed E-state index contributed by atoms with van der Waals surface area (Å²) in [6.45, 7) is 0. The van der Waals surface area contributed by atoms with Gasteiger partial charge in [0.2, 0.25) is 0 Å². The van der Waals surface area contributed by atoms with Crippen LogP contribution in [0.2, 0.25) is 0 Å². The number of hydrogen-bond acceptors (Lipinski definition) is 3. The number of hydrogen-bond donors (Lipinski definition) is 1. The van der Waals surface area contributed by atoms with E-state index < -0.39 is 16.0 Å². The van der Waals surface area contributed by atoms with E-state index >= 15 is 0 Å². The highest BCUT2D eigenvalue weighted by Gasteiger charge is 2.17. The molecule has 7 heteroatoms. The van der Waals surface area contributed by atoms with Crippen molar-refractivity contribution in [3.8, 4) is 0 Å². The molecule has 0 aliphatic heterocycles. The second-order valence-corrected chi connectivity index (χ2v) is 3.97. The summed E-state index contributed by atoms with van der Waals surface area (Å²) >= 11 is 0.697. The molecule has 0 saturated carbocycles. The van der Waals surface area contributed by atoms with Crippen molar-refractivity contribution in [2.24, 2.45) is 0 Å². The van der Waals surface area contributed by atoms with Crippen molar-refractivity contribution >= 4 is 32.7 Å². The first-order valence-electron chi connectivity index (χ1n) is 3.07. The molecule has 5 nitrogen and oxygen atoms in total. The van der Waals surface area contributed by atoms with E-state index in [1.807, 2.05) is 0 Å². The van der Waals surface area contributed by atoms with Crippen molar-refractivity contribution < 1.29 is 13.7 Å². The number of nitro benzene ring substituents is 1. The highest BCUT2D eigenvalue weighted by Crippen LogP contribution is 2.25. The van der Waals surface area contributed by atoms with Gasteiger partial charge in [0, 0.05) is 10.5 Å². The molecule has 1 aromatic rings. The second-order valence-electron chi connectivity index (χ2n) is 2.12. The smallest absolute Gasteiger partial charge is 0.288 e. The van der Waals surface area contributed by atoms with Gasteiger partial charge in [-0.15, -0.1) is 0 Å². The van der Waals surface area contributed by atoms with Crippen LogP contribution >= 0.6 is 15.9 Å². The standard InChI is InChI=1S/C6H4BrNO4S/c7-4-1-2-6(13(11)12)5(3-4)8(9)10/h1-3H,(H,11,12). The summed E-state index contributed by atoms with van der Waals surface area (Å²) < 4.78 is 19.8. The average Bonchev–Trinajstić information content (AvgIpc) is 2.03. The van der Waals surface area contributed by atoms with Crippen LogP contribution in [0.3, 0.4) is 0 Å². The topological polar surface area (TPSA) is 80.4 Å². The Labute approximate surface area is 84.3 Å². The van der Waals surface area contributed by atoms with Crippen molar-refractivity contribution in [2.45, 2.75) is 4.90 Å². The molecule has 1 unspecified atom stereocenters. The molecule has 0 radical (unpaired) electrons. The van der Waals surface area contributed by atoms with Crippen molar-refractivity contribution in [1.82, 2.24) is 0 Å². The third-order valence-corrected chi connectivity index (χ3v) is 2.52. The van der Waals surface area contributed by atoms with Gasteiger partial charge in [-0.05, 0) is 12.1 Å². The molecule has 1 aromatic carbocycles. The van der Waals surface area contributed by atoms with Crippen molar-refractivity contribution in [3.05, 3.63) is 32.8 Å². The summed E-state index contributed by atoms with van der Waals surface area (Å²) in [5, 5.41) is 10.4. The second kappa shape index (κ2) is 3.95. The molecule has 0 heterocycles. The third kappa shape index (κ3) is 2.33. The highest BCUT2D eigenvalue weighted by molar-refractivity contribution is 9.10. The molecule has 0 amide bonds. The predicted molar refractivity (Wildman–Crippen MR) is 49.8 cm³/mol. The van der Waals surface area contributed by atoms with Crippen LogP contribution in [-0.4, -0.2) is 13.7 Å². The zero-order chi connectivity index (χ0) is 10.0. The summed E-state index contributed by atoms with van der Waals surface area (Å²) in [5.74, 6) is 0. The van der Waals surface area contributed by atoms with Crippen LogP contribution in [-0.2, 0) is 11.1 Å². The lowest BCUT2D eigenvalue weighted by Gasteiger charge is -1.97. The highest BCUT2D eigenvalue weighted by atomic mass is 79.9. The van der Waals surface area contributed by atoms with Gasteiger partial charge < -0.3 is 4.55 Å². The lowest BCUT2D eigenvalue weighted by molar-refractivity contribution is -0.387. The Hall–Kier alpha value is -0.790. The van der Waals surface area contributed by atoms with Crippen LogP contribution in [0.1, 0.15) is 0 Å². The molecule has 70 valence electrons. The van der Waals surface area contributed by atoms with Crippen LogP contribution < -0.4 is 0 Å². The number of benzene rings is 1. The summed E-state index contributed by atoms with van der Waals surface area (Å²) in [7, 11) is 0. The first kappa shape index (κ1) is 10.3. The SMILES string of the molecule is O=[N+]([O-])c1cc(Br)ccc1S(=O)O. The van der Waals surface area contributed by atoms with Gasteiger partial charge in [-0.25, -0.2) is 4.21 Å². The summed E-state index contributed by atoms with van der Waals surface area (Å²) in [6.07, 6.45) is 0. The molecule has 0 fully saturated rings. The molecule has 1 rings (SSSR count). The molecule has 0 aliphatic carbocycles. The summed E-state index contributed by atoms with van der Waals surface area (Å²) in [5.41, 5.74) is -0.366. The predicted octanol–water partition coefficient (Wildman–Crippen LogP) is 1.94. The van der Waals surface area contributed by atoms with Crippen molar-refractivity contribution in [1.29, 1.82) is 0 Å². The van der Waals surface area contributed by atoms with Crippen LogP contribution in [0, 0.1) is 10.1 Å². The third-order valence-electron chi connectivity index (χ3n) is 1.31. The Balaban J connectivity index is 3.35. The van der Waals surface area contributed by atoms with Crippen molar-refractivity contribution in [3.63, 3.8) is 0 Å². The Morgan fingerprint density at radius 3 is 2.62 bits per heavy atom. The largest absolute Gasteiger partial charge is 0.302 e. The van der Waals surface area contributed by atoms with Crippen LogP contribution in [0.5, 0.6) is 0 Å². The minimum absolute atomic E-state index is 0.201. The molecule has 1 atom stereocenters. The van der Waals surface area contributed by atoms with Crippen molar-refractivity contribution in [2.75, 3.05) is 0 Å². The van der Waals surface area contributed by atoms with Gasteiger partial charge in [0.05, 0.1) is 4.92 Å². The fraction of sp³-hybridized carbons (Fsp3) is 0. The minimum Gasteiger partial charge on any atom is -0.302 e. The van der Waals surface area contributed by atoms with E-state index in [4.69, 9.17) is 4.55 Å². The molecular weight excluding hydrogens is 262 g/mol. The normalized spacial score (nSPS) is 12.5. The Kier molecular flexibility index (Phi) is 3.12. The molecular formula is C6H4BrNO4S.